The predicted octanol–water partition coefficient (Wildman–Crippen LogP) is 3.39. The second-order valence-electron chi connectivity index (χ2n) is 7.15. The topological polar surface area (TPSA) is 75.7 Å². The molecule has 1 aromatic carbocycles. The molecule has 0 radical (unpaired) electrons. The monoisotopic (exact) mass is 380 g/mol. The number of rotatable bonds is 5. The maximum atomic E-state index is 12.9. The van der Waals surface area contributed by atoms with Gasteiger partial charge in [-0.1, -0.05) is 25.7 Å². The van der Waals surface area contributed by atoms with E-state index < -0.39 is 10.0 Å². The molecule has 1 heterocycles. The quantitative estimate of drug-likeness (QED) is 0.849. The molecule has 0 atom stereocenters. The Morgan fingerprint density at radius 1 is 1.08 bits per heavy atom. The van der Waals surface area contributed by atoms with Gasteiger partial charge >= 0.3 is 0 Å². The third kappa shape index (κ3) is 4.20. The fourth-order valence-electron chi connectivity index (χ4n) is 3.80. The molecule has 26 heavy (non-hydrogen) atoms. The van der Waals surface area contributed by atoms with Crippen molar-refractivity contribution in [3.8, 4) is 5.75 Å². The number of ether oxygens (including phenoxy) is 1. The number of hydrogen-bond acceptors (Lipinski definition) is 4. The molecular weight excluding hydrogens is 352 g/mol. The first-order chi connectivity index (χ1) is 12.5. The van der Waals surface area contributed by atoms with E-state index in [1.54, 1.807) is 12.1 Å². The molecule has 1 saturated carbocycles. The number of amides is 1. The smallest absolute Gasteiger partial charge is 0.243 e. The van der Waals surface area contributed by atoms with Crippen molar-refractivity contribution in [2.24, 2.45) is 5.92 Å². The van der Waals surface area contributed by atoms with E-state index in [1.165, 1.54) is 23.9 Å². The van der Waals surface area contributed by atoms with Crippen LogP contribution in [0.5, 0.6) is 5.75 Å². The van der Waals surface area contributed by atoms with Gasteiger partial charge in [-0.3, -0.25) is 4.79 Å². The highest BCUT2D eigenvalue weighted by Crippen LogP contribution is 2.32. The molecule has 3 rings (SSSR count). The van der Waals surface area contributed by atoms with Gasteiger partial charge in [0.2, 0.25) is 15.9 Å². The Balaban J connectivity index is 1.82. The van der Waals surface area contributed by atoms with E-state index in [2.05, 4.69) is 5.32 Å². The minimum absolute atomic E-state index is 0.00388. The van der Waals surface area contributed by atoms with E-state index >= 15 is 0 Å². The van der Waals surface area contributed by atoms with Crippen LogP contribution in [0.15, 0.2) is 23.1 Å². The highest BCUT2D eigenvalue weighted by molar-refractivity contribution is 7.89. The van der Waals surface area contributed by atoms with Crippen molar-refractivity contribution in [1.82, 2.24) is 4.31 Å². The maximum absolute atomic E-state index is 12.9. The first-order valence-electron chi connectivity index (χ1n) is 9.51. The van der Waals surface area contributed by atoms with Gasteiger partial charge in [-0.2, -0.15) is 4.31 Å². The van der Waals surface area contributed by atoms with Crippen LogP contribution < -0.4 is 10.1 Å². The van der Waals surface area contributed by atoms with Crippen LogP contribution >= 0.6 is 0 Å². The standard InChI is InChI=1S/C19H28N2O4S/c1-25-18-11-10-16(26(23,24)21-12-6-3-7-13-21)14-17(18)20-19(22)15-8-4-2-5-9-15/h10-11,14-15H,2-9,12-13H2,1H3,(H,20,22). The molecule has 2 aliphatic rings. The van der Waals surface area contributed by atoms with E-state index in [0.717, 1.165) is 44.9 Å². The third-order valence-electron chi connectivity index (χ3n) is 5.36. The zero-order valence-corrected chi connectivity index (χ0v) is 16.2. The molecule has 0 aromatic heterocycles. The lowest BCUT2D eigenvalue weighted by molar-refractivity contribution is -0.120. The summed E-state index contributed by atoms with van der Waals surface area (Å²) in [6.07, 6.45) is 7.94. The van der Waals surface area contributed by atoms with Crippen molar-refractivity contribution >= 4 is 21.6 Å². The van der Waals surface area contributed by atoms with Crippen LogP contribution in [0, 0.1) is 5.92 Å². The highest BCUT2D eigenvalue weighted by Gasteiger charge is 2.28. The molecule has 2 fully saturated rings. The second-order valence-corrected chi connectivity index (χ2v) is 9.09. The molecule has 144 valence electrons. The lowest BCUT2D eigenvalue weighted by Gasteiger charge is -2.26. The third-order valence-corrected chi connectivity index (χ3v) is 7.25. The Hall–Kier alpha value is -1.60. The summed E-state index contributed by atoms with van der Waals surface area (Å²) in [7, 11) is -2.03. The van der Waals surface area contributed by atoms with Gasteiger partial charge in [0.25, 0.3) is 0 Å². The second kappa shape index (κ2) is 8.39. The average Bonchev–Trinajstić information content (AvgIpc) is 2.69. The van der Waals surface area contributed by atoms with Crippen molar-refractivity contribution in [3.63, 3.8) is 0 Å². The van der Waals surface area contributed by atoms with Gasteiger partial charge in [0.15, 0.2) is 0 Å². The molecule has 1 aliphatic heterocycles. The van der Waals surface area contributed by atoms with E-state index in [0.29, 0.717) is 24.5 Å². The number of piperidine rings is 1. The Kier molecular flexibility index (Phi) is 6.19. The van der Waals surface area contributed by atoms with Gasteiger partial charge in [-0.25, -0.2) is 8.42 Å². The van der Waals surface area contributed by atoms with Crippen LogP contribution in [0.25, 0.3) is 0 Å². The van der Waals surface area contributed by atoms with Crippen molar-refractivity contribution < 1.29 is 17.9 Å². The van der Waals surface area contributed by atoms with Gasteiger partial charge in [-0.05, 0) is 43.9 Å². The van der Waals surface area contributed by atoms with Crippen LogP contribution in [0.3, 0.4) is 0 Å². The summed E-state index contributed by atoms with van der Waals surface area (Å²) in [5, 5.41) is 2.90. The van der Waals surface area contributed by atoms with E-state index in [1.807, 2.05) is 0 Å². The summed E-state index contributed by atoms with van der Waals surface area (Å²) in [5.41, 5.74) is 0.432. The zero-order valence-electron chi connectivity index (χ0n) is 15.4. The summed E-state index contributed by atoms with van der Waals surface area (Å²) < 4.78 is 32.7. The van der Waals surface area contributed by atoms with Crippen molar-refractivity contribution in [2.75, 3.05) is 25.5 Å². The number of nitrogens with one attached hydrogen (secondary N) is 1. The number of sulfonamides is 1. The van der Waals surface area contributed by atoms with E-state index in [-0.39, 0.29) is 16.7 Å². The van der Waals surface area contributed by atoms with Gasteiger partial charge in [-0.15, -0.1) is 0 Å². The molecule has 0 bridgehead atoms. The largest absolute Gasteiger partial charge is 0.495 e. The fourth-order valence-corrected chi connectivity index (χ4v) is 5.34. The highest BCUT2D eigenvalue weighted by atomic mass is 32.2. The summed E-state index contributed by atoms with van der Waals surface area (Å²) in [6, 6.07) is 4.70. The first kappa shape index (κ1) is 19.2. The van der Waals surface area contributed by atoms with Gasteiger partial charge in [0.05, 0.1) is 17.7 Å². The molecule has 7 heteroatoms. The molecule has 0 spiro atoms. The first-order valence-corrected chi connectivity index (χ1v) is 11.0. The van der Waals surface area contributed by atoms with Crippen molar-refractivity contribution in [1.29, 1.82) is 0 Å². The Morgan fingerprint density at radius 3 is 2.38 bits per heavy atom. The molecular formula is C19H28N2O4S. The lowest BCUT2D eigenvalue weighted by atomic mass is 9.88. The van der Waals surface area contributed by atoms with Crippen LogP contribution in [-0.2, 0) is 14.8 Å². The number of anilines is 1. The Morgan fingerprint density at radius 2 is 1.73 bits per heavy atom. The van der Waals surface area contributed by atoms with Crippen molar-refractivity contribution in [3.05, 3.63) is 18.2 Å². The maximum Gasteiger partial charge on any atom is 0.243 e. The molecule has 1 amide bonds. The molecule has 1 aliphatic carbocycles. The number of carbonyl (C=O) groups is 1. The minimum atomic E-state index is -3.54. The summed E-state index contributed by atoms with van der Waals surface area (Å²) in [6.45, 7) is 1.11. The molecule has 1 saturated heterocycles. The van der Waals surface area contributed by atoms with Gasteiger partial charge in [0.1, 0.15) is 5.75 Å². The number of nitrogens with zero attached hydrogens (tertiary/aromatic N) is 1. The number of carbonyl (C=O) groups excluding carboxylic acids is 1. The van der Waals surface area contributed by atoms with E-state index in [9.17, 15) is 13.2 Å². The molecule has 6 nitrogen and oxygen atoms in total. The number of methoxy groups -OCH3 is 1. The molecule has 0 unspecified atom stereocenters. The minimum Gasteiger partial charge on any atom is -0.495 e. The Bertz CT molecular complexity index is 736. The van der Waals surface area contributed by atoms with Crippen LogP contribution in [-0.4, -0.2) is 38.8 Å². The summed E-state index contributed by atoms with van der Waals surface area (Å²) >= 11 is 0. The number of benzene rings is 1. The van der Waals surface area contributed by atoms with Gasteiger partial charge in [0, 0.05) is 19.0 Å². The number of hydrogen-bond donors (Lipinski definition) is 1. The molecule has 1 aromatic rings. The van der Waals surface area contributed by atoms with Crippen LogP contribution in [0.1, 0.15) is 51.4 Å². The normalized spacial score (nSPS) is 19.9. The fraction of sp³-hybridized carbons (Fsp3) is 0.632. The Labute approximate surface area is 156 Å². The lowest BCUT2D eigenvalue weighted by Crippen LogP contribution is -2.35. The summed E-state index contributed by atoms with van der Waals surface area (Å²) in [4.78, 5) is 12.8. The van der Waals surface area contributed by atoms with Gasteiger partial charge < -0.3 is 10.1 Å². The van der Waals surface area contributed by atoms with E-state index in [4.69, 9.17) is 4.74 Å². The zero-order chi connectivity index (χ0) is 18.6. The predicted molar refractivity (Wildman–Crippen MR) is 101 cm³/mol. The van der Waals surface area contributed by atoms with Crippen LogP contribution in [0.2, 0.25) is 0 Å². The SMILES string of the molecule is COc1ccc(S(=O)(=O)N2CCCCC2)cc1NC(=O)C1CCCCC1. The molecule has 1 N–H and O–H groups in total. The van der Waals surface area contributed by atoms with Crippen LogP contribution in [0.4, 0.5) is 5.69 Å². The van der Waals surface area contributed by atoms with Crippen molar-refractivity contribution in [2.45, 2.75) is 56.3 Å². The summed E-state index contributed by atoms with van der Waals surface area (Å²) in [5.74, 6) is 0.429. The average molecular weight is 381 g/mol.